The lowest BCUT2D eigenvalue weighted by Crippen LogP contribution is -2.06. The average Bonchev–Trinajstić information content (AvgIpc) is 2.32. The average molecular weight is 240 g/mol. The maximum atomic E-state index is 10.8. The summed E-state index contributed by atoms with van der Waals surface area (Å²) in [5.41, 5.74) is 0.601. The van der Waals surface area contributed by atoms with Gasteiger partial charge in [0.2, 0.25) is 5.91 Å². The van der Waals surface area contributed by atoms with Gasteiger partial charge in [0.15, 0.2) is 0 Å². The number of pyridine rings is 1. The van der Waals surface area contributed by atoms with Crippen molar-refractivity contribution in [1.82, 2.24) is 4.98 Å². The lowest BCUT2D eigenvalue weighted by Gasteiger charge is -2.06. The second-order valence-electron chi connectivity index (χ2n) is 3.02. The van der Waals surface area contributed by atoms with Crippen LogP contribution in [-0.4, -0.2) is 29.2 Å². The molecule has 1 aromatic rings. The zero-order valence-corrected chi connectivity index (χ0v) is 10.6. The highest BCUT2D eigenvalue weighted by molar-refractivity contribution is 5.88. The first-order valence-corrected chi connectivity index (χ1v) is 5.68. The molecule has 5 nitrogen and oxygen atoms in total. The normalized spacial score (nSPS) is 8.94. The fraction of sp³-hybridized carbons (Fsp3) is 0.500. The van der Waals surface area contributed by atoms with Gasteiger partial charge in [-0.15, -0.1) is 0 Å². The quantitative estimate of drug-likeness (QED) is 0.770. The summed E-state index contributed by atoms with van der Waals surface area (Å²) >= 11 is 0. The van der Waals surface area contributed by atoms with Gasteiger partial charge in [0.05, 0.1) is 24.7 Å². The van der Waals surface area contributed by atoms with E-state index < -0.39 is 0 Å². The molecule has 0 bridgehead atoms. The smallest absolute Gasteiger partial charge is 0.221 e. The highest BCUT2D eigenvalue weighted by Crippen LogP contribution is 2.15. The molecule has 0 aliphatic heterocycles. The van der Waals surface area contributed by atoms with Crippen LogP contribution in [0.25, 0.3) is 0 Å². The van der Waals surface area contributed by atoms with Crippen LogP contribution in [-0.2, 0) is 4.79 Å². The lowest BCUT2D eigenvalue weighted by molar-refractivity contribution is -0.114. The van der Waals surface area contributed by atoms with Crippen molar-refractivity contribution in [2.24, 2.45) is 0 Å². The zero-order valence-electron chi connectivity index (χ0n) is 10.6. The molecule has 0 aromatic carbocycles. The first kappa shape index (κ1) is 15.4. The van der Waals surface area contributed by atoms with Gasteiger partial charge in [0.25, 0.3) is 0 Å². The van der Waals surface area contributed by atoms with E-state index in [9.17, 15) is 4.79 Å². The maximum absolute atomic E-state index is 10.8. The Balaban J connectivity index is 0.00000121. The third-order valence-electron chi connectivity index (χ3n) is 1.60. The third-order valence-corrected chi connectivity index (χ3v) is 1.60. The van der Waals surface area contributed by atoms with Crippen molar-refractivity contribution in [3.8, 4) is 5.75 Å². The Bertz CT molecular complexity index is 329. The van der Waals surface area contributed by atoms with E-state index in [0.29, 0.717) is 24.5 Å². The largest absolute Gasteiger partial charge is 0.492 e. The van der Waals surface area contributed by atoms with Crippen LogP contribution in [0.4, 0.5) is 5.69 Å². The van der Waals surface area contributed by atoms with Crippen LogP contribution in [0.1, 0.15) is 27.2 Å². The minimum atomic E-state index is -0.149. The molecule has 0 saturated carbocycles. The number of nitrogens with zero attached hydrogens (tertiary/aromatic N) is 1. The number of aliphatic hydroxyl groups excluding tert-OH is 1. The number of nitrogens with one attached hydrogen (secondary N) is 1. The van der Waals surface area contributed by atoms with E-state index in [1.807, 2.05) is 13.8 Å². The van der Waals surface area contributed by atoms with Crippen molar-refractivity contribution in [2.75, 3.05) is 18.5 Å². The first-order chi connectivity index (χ1) is 8.22. The van der Waals surface area contributed by atoms with Gasteiger partial charge in [-0.1, -0.05) is 13.8 Å². The molecule has 1 amide bonds. The molecule has 0 fully saturated rings. The Kier molecular flexibility index (Phi) is 8.68. The van der Waals surface area contributed by atoms with Gasteiger partial charge in [-0.3, -0.25) is 9.78 Å². The molecule has 0 atom stereocenters. The summed E-state index contributed by atoms with van der Waals surface area (Å²) in [4.78, 5) is 14.7. The number of amides is 1. The Hall–Kier alpha value is -1.62. The Morgan fingerprint density at radius 2 is 2.18 bits per heavy atom. The van der Waals surface area contributed by atoms with E-state index in [1.54, 1.807) is 18.5 Å². The van der Waals surface area contributed by atoms with Crippen molar-refractivity contribution < 1.29 is 14.6 Å². The van der Waals surface area contributed by atoms with Gasteiger partial charge >= 0.3 is 0 Å². The fourth-order valence-corrected chi connectivity index (χ4v) is 1.02. The predicted octanol–water partition coefficient (Wildman–Crippen LogP) is 1.83. The van der Waals surface area contributed by atoms with Gasteiger partial charge < -0.3 is 15.2 Å². The van der Waals surface area contributed by atoms with Crippen molar-refractivity contribution >= 4 is 11.6 Å². The van der Waals surface area contributed by atoms with Crippen LogP contribution in [0.2, 0.25) is 0 Å². The number of rotatable bonds is 5. The SMILES string of the molecule is CC.CC(=O)Nc1cncc(OCCCO)c1. The van der Waals surface area contributed by atoms with Gasteiger partial charge in [0, 0.05) is 26.0 Å². The second-order valence-corrected chi connectivity index (χ2v) is 3.02. The van der Waals surface area contributed by atoms with Crippen LogP contribution in [0.15, 0.2) is 18.5 Å². The maximum Gasteiger partial charge on any atom is 0.221 e. The highest BCUT2D eigenvalue weighted by atomic mass is 16.5. The first-order valence-electron chi connectivity index (χ1n) is 5.68. The van der Waals surface area contributed by atoms with Gasteiger partial charge in [-0.25, -0.2) is 0 Å². The Labute approximate surface area is 102 Å². The molecule has 2 N–H and O–H groups in total. The third kappa shape index (κ3) is 7.30. The molecule has 0 aliphatic carbocycles. The molecule has 0 aliphatic rings. The predicted molar refractivity (Wildman–Crippen MR) is 67.1 cm³/mol. The van der Waals surface area contributed by atoms with E-state index in [2.05, 4.69) is 10.3 Å². The summed E-state index contributed by atoms with van der Waals surface area (Å²) in [6.45, 7) is 5.96. The molecule has 96 valence electrons. The number of aromatic nitrogens is 1. The monoisotopic (exact) mass is 240 g/mol. The number of ether oxygens (including phenoxy) is 1. The molecular weight excluding hydrogens is 220 g/mol. The van der Waals surface area contributed by atoms with Gasteiger partial charge in [-0.2, -0.15) is 0 Å². The van der Waals surface area contributed by atoms with Crippen LogP contribution in [0.5, 0.6) is 5.75 Å². The standard InChI is InChI=1S/C10H14N2O3.C2H6/c1-8(14)12-9-5-10(7-11-6-9)15-4-2-3-13;1-2/h5-7,13H,2-4H2,1H3,(H,12,14);1-2H3. The van der Waals surface area contributed by atoms with E-state index in [0.717, 1.165) is 0 Å². The van der Waals surface area contributed by atoms with Crippen LogP contribution in [0.3, 0.4) is 0 Å². The number of aliphatic hydroxyl groups is 1. The fourth-order valence-electron chi connectivity index (χ4n) is 1.02. The summed E-state index contributed by atoms with van der Waals surface area (Å²) < 4.78 is 5.29. The minimum Gasteiger partial charge on any atom is -0.492 e. The number of hydrogen-bond donors (Lipinski definition) is 2. The second kappa shape index (κ2) is 9.59. The van der Waals surface area contributed by atoms with Crippen LogP contribution in [0, 0.1) is 0 Å². The molecule has 1 aromatic heterocycles. The van der Waals surface area contributed by atoms with E-state index in [-0.39, 0.29) is 12.5 Å². The zero-order chi connectivity index (χ0) is 13.1. The Morgan fingerprint density at radius 3 is 2.76 bits per heavy atom. The molecule has 5 heteroatoms. The number of hydrogen-bond acceptors (Lipinski definition) is 4. The highest BCUT2D eigenvalue weighted by Gasteiger charge is 1.99. The summed E-state index contributed by atoms with van der Waals surface area (Å²) in [5.74, 6) is 0.430. The number of carbonyl (C=O) groups excluding carboxylic acids is 1. The van der Waals surface area contributed by atoms with Crippen molar-refractivity contribution in [2.45, 2.75) is 27.2 Å². The topological polar surface area (TPSA) is 71.5 Å². The van der Waals surface area contributed by atoms with Crippen molar-refractivity contribution in [1.29, 1.82) is 0 Å². The molecule has 1 rings (SSSR count). The summed E-state index contributed by atoms with van der Waals surface area (Å²) in [7, 11) is 0. The molecule has 0 spiro atoms. The summed E-state index contributed by atoms with van der Waals surface area (Å²) in [5, 5.41) is 11.2. The van der Waals surface area contributed by atoms with E-state index in [4.69, 9.17) is 9.84 Å². The van der Waals surface area contributed by atoms with E-state index in [1.165, 1.54) is 6.92 Å². The van der Waals surface area contributed by atoms with Crippen molar-refractivity contribution in [3.05, 3.63) is 18.5 Å². The molecular formula is C12H20N2O3. The minimum absolute atomic E-state index is 0.0960. The number of carbonyl (C=O) groups is 1. The molecule has 0 unspecified atom stereocenters. The summed E-state index contributed by atoms with van der Waals surface area (Å²) in [6.07, 6.45) is 3.67. The number of anilines is 1. The van der Waals surface area contributed by atoms with Crippen LogP contribution < -0.4 is 10.1 Å². The van der Waals surface area contributed by atoms with Gasteiger partial charge in [0.1, 0.15) is 5.75 Å². The Morgan fingerprint density at radius 1 is 1.47 bits per heavy atom. The molecule has 0 radical (unpaired) electrons. The molecule has 1 heterocycles. The van der Waals surface area contributed by atoms with E-state index >= 15 is 0 Å². The van der Waals surface area contributed by atoms with Crippen LogP contribution >= 0.6 is 0 Å². The summed E-state index contributed by atoms with van der Waals surface area (Å²) in [6, 6.07) is 1.69. The van der Waals surface area contributed by atoms with Crippen molar-refractivity contribution in [3.63, 3.8) is 0 Å². The van der Waals surface area contributed by atoms with Gasteiger partial charge in [-0.05, 0) is 0 Å². The lowest BCUT2D eigenvalue weighted by atomic mass is 10.4. The molecule has 0 saturated heterocycles. The molecule has 17 heavy (non-hydrogen) atoms.